The van der Waals surface area contributed by atoms with E-state index in [9.17, 15) is 22.8 Å². The molecule has 0 heterocycles. The van der Waals surface area contributed by atoms with E-state index in [-0.39, 0.29) is 23.8 Å². The SMILES string of the molecule is COc1ccc(C(=O)NC(CC(F)(F)F)C(=O)O)c(OCC(C)C)c1. The average molecular weight is 363 g/mol. The fourth-order valence-corrected chi connectivity index (χ4v) is 1.86. The molecule has 140 valence electrons. The predicted molar refractivity (Wildman–Crippen MR) is 82.9 cm³/mol. The van der Waals surface area contributed by atoms with Crippen LogP contribution in [0, 0.1) is 5.92 Å². The molecule has 0 aliphatic heterocycles. The van der Waals surface area contributed by atoms with Gasteiger partial charge in [0.05, 0.1) is 25.7 Å². The third-order valence-electron chi connectivity index (χ3n) is 3.04. The minimum atomic E-state index is -4.73. The lowest BCUT2D eigenvalue weighted by molar-refractivity contribution is -0.157. The van der Waals surface area contributed by atoms with Crippen LogP contribution >= 0.6 is 0 Å². The summed E-state index contributed by atoms with van der Waals surface area (Å²) in [5, 5.41) is 10.8. The van der Waals surface area contributed by atoms with Crippen LogP contribution in [0.4, 0.5) is 13.2 Å². The summed E-state index contributed by atoms with van der Waals surface area (Å²) in [4.78, 5) is 23.2. The molecule has 1 rings (SSSR count). The van der Waals surface area contributed by atoms with E-state index < -0.39 is 30.5 Å². The summed E-state index contributed by atoms with van der Waals surface area (Å²) < 4.78 is 47.9. The Balaban J connectivity index is 3.03. The number of hydrogen-bond acceptors (Lipinski definition) is 4. The Kier molecular flexibility index (Phi) is 7.08. The molecule has 0 fully saturated rings. The normalized spacial score (nSPS) is 12.6. The molecule has 6 nitrogen and oxygen atoms in total. The fraction of sp³-hybridized carbons (Fsp3) is 0.500. The maximum absolute atomic E-state index is 12.5. The van der Waals surface area contributed by atoms with Crippen LogP contribution in [0.15, 0.2) is 18.2 Å². The van der Waals surface area contributed by atoms with Crippen molar-refractivity contribution >= 4 is 11.9 Å². The van der Waals surface area contributed by atoms with E-state index in [0.717, 1.165) is 0 Å². The highest BCUT2D eigenvalue weighted by Gasteiger charge is 2.36. The Morgan fingerprint density at radius 1 is 1.28 bits per heavy atom. The molecule has 1 unspecified atom stereocenters. The van der Waals surface area contributed by atoms with Crippen molar-refractivity contribution in [2.45, 2.75) is 32.5 Å². The van der Waals surface area contributed by atoms with Gasteiger partial charge in [-0.2, -0.15) is 13.2 Å². The van der Waals surface area contributed by atoms with Gasteiger partial charge >= 0.3 is 12.1 Å². The first-order valence-electron chi connectivity index (χ1n) is 7.44. The van der Waals surface area contributed by atoms with E-state index in [0.29, 0.717) is 5.75 Å². The van der Waals surface area contributed by atoms with Crippen molar-refractivity contribution < 1.29 is 37.3 Å². The number of amides is 1. The van der Waals surface area contributed by atoms with Gasteiger partial charge in [-0.25, -0.2) is 4.79 Å². The standard InChI is InChI=1S/C16H20F3NO5/c1-9(2)8-25-13-6-10(24-3)4-5-11(13)14(21)20-12(15(22)23)7-16(17,18)19/h4-6,9,12H,7-8H2,1-3H3,(H,20,21)(H,22,23). The van der Waals surface area contributed by atoms with E-state index in [1.807, 2.05) is 19.2 Å². The number of carboxylic acid groups (broad SMARTS) is 1. The van der Waals surface area contributed by atoms with Gasteiger partial charge in [-0.05, 0) is 18.1 Å². The zero-order chi connectivity index (χ0) is 19.2. The minimum absolute atomic E-state index is 0.0742. The number of carbonyl (C=O) groups excluding carboxylic acids is 1. The maximum Gasteiger partial charge on any atom is 0.391 e. The molecular formula is C16H20F3NO5. The van der Waals surface area contributed by atoms with Gasteiger partial charge in [-0.3, -0.25) is 4.79 Å². The molecule has 25 heavy (non-hydrogen) atoms. The summed E-state index contributed by atoms with van der Waals surface area (Å²) in [6, 6.07) is 2.05. The molecule has 0 aromatic heterocycles. The fourth-order valence-electron chi connectivity index (χ4n) is 1.86. The van der Waals surface area contributed by atoms with Gasteiger partial charge in [0.1, 0.15) is 17.5 Å². The number of rotatable bonds is 8. The van der Waals surface area contributed by atoms with Crippen molar-refractivity contribution in [3.8, 4) is 11.5 Å². The van der Waals surface area contributed by atoms with E-state index >= 15 is 0 Å². The van der Waals surface area contributed by atoms with Crippen LogP contribution in [-0.2, 0) is 4.79 Å². The lowest BCUT2D eigenvalue weighted by atomic mass is 10.1. The zero-order valence-corrected chi connectivity index (χ0v) is 14.0. The van der Waals surface area contributed by atoms with Crippen LogP contribution in [0.2, 0.25) is 0 Å². The first kappa shape index (κ1) is 20.6. The lowest BCUT2D eigenvalue weighted by Gasteiger charge is -2.18. The van der Waals surface area contributed by atoms with Gasteiger partial charge in [-0.15, -0.1) is 0 Å². The molecule has 0 radical (unpaired) electrons. The number of alkyl halides is 3. The quantitative estimate of drug-likeness (QED) is 0.742. The molecule has 0 aliphatic carbocycles. The molecule has 1 aromatic rings. The Morgan fingerprint density at radius 2 is 1.92 bits per heavy atom. The summed E-state index contributed by atoms with van der Waals surface area (Å²) >= 11 is 0. The monoisotopic (exact) mass is 363 g/mol. The second kappa shape index (κ2) is 8.59. The predicted octanol–water partition coefficient (Wildman–Crippen LogP) is 2.87. The first-order chi connectivity index (χ1) is 11.5. The average Bonchev–Trinajstić information content (AvgIpc) is 2.50. The van der Waals surface area contributed by atoms with Crippen LogP contribution in [0.5, 0.6) is 11.5 Å². The van der Waals surface area contributed by atoms with Crippen molar-refractivity contribution in [3.63, 3.8) is 0 Å². The Hall–Kier alpha value is -2.45. The Bertz CT molecular complexity index is 616. The second-order valence-electron chi connectivity index (χ2n) is 5.75. The summed E-state index contributed by atoms with van der Waals surface area (Å²) in [6.07, 6.45) is -6.40. The number of carbonyl (C=O) groups is 2. The van der Waals surface area contributed by atoms with Crippen LogP contribution in [-0.4, -0.2) is 42.9 Å². The summed E-state index contributed by atoms with van der Waals surface area (Å²) in [6.45, 7) is 4.02. The number of hydrogen-bond donors (Lipinski definition) is 2. The Labute approximate surface area is 142 Å². The van der Waals surface area contributed by atoms with E-state index in [1.165, 1.54) is 25.3 Å². The molecular weight excluding hydrogens is 343 g/mol. The molecule has 2 N–H and O–H groups in total. The summed E-state index contributed by atoms with van der Waals surface area (Å²) in [5.74, 6) is -2.12. The molecule has 0 saturated carbocycles. The molecule has 0 spiro atoms. The van der Waals surface area contributed by atoms with E-state index in [1.54, 1.807) is 0 Å². The number of methoxy groups -OCH3 is 1. The highest BCUT2D eigenvalue weighted by molar-refractivity contribution is 5.99. The van der Waals surface area contributed by atoms with Gasteiger partial charge < -0.3 is 19.9 Å². The van der Waals surface area contributed by atoms with Crippen LogP contribution in [0.25, 0.3) is 0 Å². The van der Waals surface area contributed by atoms with Gasteiger partial charge in [0, 0.05) is 6.07 Å². The second-order valence-corrected chi connectivity index (χ2v) is 5.75. The summed E-state index contributed by atoms with van der Waals surface area (Å²) in [7, 11) is 1.41. The zero-order valence-electron chi connectivity index (χ0n) is 14.0. The van der Waals surface area contributed by atoms with Crippen molar-refractivity contribution in [3.05, 3.63) is 23.8 Å². The molecule has 1 amide bonds. The van der Waals surface area contributed by atoms with E-state index in [2.05, 4.69) is 0 Å². The largest absolute Gasteiger partial charge is 0.497 e. The molecule has 1 aromatic carbocycles. The number of benzene rings is 1. The van der Waals surface area contributed by atoms with Crippen LogP contribution in [0.3, 0.4) is 0 Å². The molecule has 0 bridgehead atoms. The van der Waals surface area contributed by atoms with E-state index in [4.69, 9.17) is 14.6 Å². The van der Waals surface area contributed by atoms with Crippen molar-refractivity contribution in [2.75, 3.05) is 13.7 Å². The minimum Gasteiger partial charge on any atom is -0.497 e. The highest BCUT2D eigenvalue weighted by Crippen LogP contribution is 2.26. The number of carboxylic acids is 1. The summed E-state index contributed by atoms with van der Waals surface area (Å²) in [5.41, 5.74) is -0.0742. The molecule has 1 atom stereocenters. The third-order valence-corrected chi connectivity index (χ3v) is 3.04. The number of nitrogens with one attached hydrogen (secondary N) is 1. The van der Waals surface area contributed by atoms with Crippen LogP contribution in [0.1, 0.15) is 30.6 Å². The molecule has 9 heteroatoms. The van der Waals surface area contributed by atoms with Gasteiger partial charge in [0.25, 0.3) is 5.91 Å². The van der Waals surface area contributed by atoms with Gasteiger partial charge in [0.2, 0.25) is 0 Å². The third kappa shape index (κ3) is 6.90. The number of ether oxygens (including phenoxy) is 2. The van der Waals surface area contributed by atoms with Crippen molar-refractivity contribution in [1.82, 2.24) is 5.32 Å². The van der Waals surface area contributed by atoms with Crippen LogP contribution < -0.4 is 14.8 Å². The number of aliphatic carboxylic acids is 1. The maximum atomic E-state index is 12.5. The smallest absolute Gasteiger partial charge is 0.391 e. The topological polar surface area (TPSA) is 84.9 Å². The molecule has 0 aliphatic rings. The lowest BCUT2D eigenvalue weighted by Crippen LogP contribution is -2.43. The van der Waals surface area contributed by atoms with Gasteiger partial charge in [-0.1, -0.05) is 13.8 Å². The Morgan fingerprint density at radius 3 is 2.40 bits per heavy atom. The number of halogens is 3. The van der Waals surface area contributed by atoms with Crippen molar-refractivity contribution in [1.29, 1.82) is 0 Å². The molecule has 0 saturated heterocycles. The first-order valence-corrected chi connectivity index (χ1v) is 7.44. The van der Waals surface area contributed by atoms with Gasteiger partial charge in [0.15, 0.2) is 0 Å². The van der Waals surface area contributed by atoms with Crippen molar-refractivity contribution in [2.24, 2.45) is 5.92 Å². The highest BCUT2D eigenvalue weighted by atomic mass is 19.4.